The lowest BCUT2D eigenvalue weighted by atomic mass is 10.1. The molecule has 0 aliphatic carbocycles. The van der Waals surface area contributed by atoms with E-state index in [1.54, 1.807) is 0 Å². The molecule has 0 amide bonds. The van der Waals surface area contributed by atoms with Crippen molar-refractivity contribution in [2.75, 3.05) is 0 Å². The van der Waals surface area contributed by atoms with Gasteiger partial charge in [-0.05, 0) is 56.2 Å². The van der Waals surface area contributed by atoms with Gasteiger partial charge in [-0.3, -0.25) is 4.98 Å². The second-order valence-corrected chi connectivity index (χ2v) is 5.09. The van der Waals surface area contributed by atoms with Crippen molar-refractivity contribution < 1.29 is 4.84 Å². The molecule has 2 aromatic rings. The van der Waals surface area contributed by atoms with Crippen LogP contribution in [0, 0.1) is 13.8 Å². The van der Waals surface area contributed by atoms with Gasteiger partial charge >= 0.3 is 0 Å². The quantitative estimate of drug-likeness (QED) is 0.621. The molecule has 0 spiro atoms. The Labute approximate surface area is 124 Å². The molecule has 1 heterocycles. The van der Waals surface area contributed by atoms with Gasteiger partial charge < -0.3 is 4.84 Å². The number of halogens is 1. The highest BCUT2D eigenvalue weighted by Gasteiger charge is 2.02. The molecule has 0 unspecified atom stereocenters. The van der Waals surface area contributed by atoms with E-state index < -0.39 is 0 Å². The van der Waals surface area contributed by atoms with Crippen molar-refractivity contribution in [3.05, 3.63) is 63.9 Å². The fraction of sp³-hybridized carbons (Fsp3) is 0.250. The van der Waals surface area contributed by atoms with Crippen LogP contribution in [0.15, 0.2) is 41.6 Å². The molecule has 1 aromatic heterocycles. The standard InChI is InChI=1S/C16H17ClN2O/c1-11-9-14(7-8-16(11)17)13(3)19-20-10-15-6-4-5-12(2)18-15/h4-9H,10H2,1-3H3/b19-13+. The number of pyridine rings is 1. The number of benzene rings is 1. The second kappa shape index (κ2) is 6.53. The average molecular weight is 289 g/mol. The van der Waals surface area contributed by atoms with Gasteiger partial charge in [-0.2, -0.15) is 0 Å². The molecule has 4 heteroatoms. The minimum atomic E-state index is 0.367. The lowest BCUT2D eigenvalue weighted by molar-refractivity contribution is 0.127. The summed E-state index contributed by atoms with van der Waals surface area (Å²) >= 11 is 6.01. The monoisotopic (exact) mass is 288 g/mol. The minimum absolute atomic E-state index is 0.367. The maximum absolute atomic E-state index is 6.01. The lowest BCUT2D eigenvalue weighted by Gasteiger charge is -2.05. The second-order valence-electron chi connectivity index (χ2n) is 4.68. The van der Waals surface area contributed by atoms with Gasteiger partial charge in [-0.25, -0.2) is 0 Å². The van der Waals surface area contributed by atoms with Gasteiger partial charge in [0.2, 0.25) is 0 Å². The predicted molar refractivity (Wildman–Crippen MR) is 82.2 cm³/mol. The Morgan fingerprint density at radius 1 is 1.25 bits per heavy atom. The zero-order valence-electron chi connectivity index (χ0n) is 11.9. The summed E-state index contributed by atoms with van der Waals surface area (Å²) in [6.07, 6.45) is 0. The molecule has 3 nitrogen and oxygen atoms in total. The summed E-state index contributed by atoms with van der Waals surface area (Å²) in [6.45, 7) is 6.20. The van der Waals surface area contributed by atoms with Crippen molar-refractivity contribution in [3.8, 4) is 0 Å². The van der Waals surface area contributed by atoms with Crippen LogP contribution in [-0.4, -0.2) is 10.7 Å². The van der Waals surface area contributed by atoms with E-state index >= 15 is 0 Å². The van der Waals surface area contributed by atoms with Crippen LogP contribution in [0.2, 0.25) is 5.02 Å². The van der Waals surface area contributed by atoms with Gasteiger partial charge in [0.05, 0.1) is 11.4 Å². The summed E-state index contributed by atoms with van der Waals surface area (Å²) in [7, 11) is 0. The molecule has 0 fully saturated rings. The van der Waals surface area contributed by atoms with Crippen LogP contribution < -0.4 is 0 Å². The first-order valence-corrected chi connectivity index (χ1v) is 6.79. The normalized spacial score (nSPS) is 11.5. The van der Waals surface area contributed by atoms with Crippen LogP contribution >= 0.6 is 11.6 Å². The highest BCUT2D eigenvalue weighted by atomic mass is 35.5. The fourth-order valence-corrected chi connectivity index (χ4v) is 1.92. The van der Waals surface area contributed by atoms with Gasteiger partial charge in [0.25, 0.3) is 0 Å². The topological polar surface area (TPSA) is 34.5 Å². The summed E-state index contributed by atoms with van der Waals surface area (Å²) in [5.74, 6) is 0. The van der Waals surface area contributed by atoms with E-state index in [2.05, 4.69) is 10.1 Å². The Kier molecular flexibility index (Phi) is 4.74. The highest BCUT2D eigenvalue weighted by Crippen LogP contribution is 2.17. The molecule has 0 aliphatic heterocycles. The predicted octanol–water partition coefficient (Wildman–Crippen LogP) is 4.29. The number of hydrogen-bond acceptors (Lipinski definition) is 3. The molecule has 0 saturated heterocycles. The summed E-state index contributed by atoms with van der Waals surface area (Å²) in [6, 6.07) is 11.6. The van der Waals surface area contributed by atoms with Crippen molar-refractivity contribution in [3.63, 3.8) is 0 Å². The van der Waals surface area contributed by atoms with Gasteiger partial charge in [0, 0.05) is 10.7 Å². The molecule has 1 aromatic carbocycles. The third kappa shape index (κ3) is 3.81. The van der Waals surface area contributed by atoms with E-state index in [0.29, 0.717) is 6.61 Å². The third-order valence-electron chi connectivity index (χ3n) is 2.94. The van der Waals surface area contributed by atoms with Crippen LogP contribution in [0.25, 0.3) is 0 Å². The Bertz CT molecular complexity index is 638. The molecule has 0 aliphatic rings. The first-order valence-electron chi connectivity index (χ1n) is 6.42. The molecule has 0 N–H and O–H groups in total. The summed E-state index contributed by atoms with van der Waals surface area (Å²) in [5.41, 5.74) is 4.69. The molecule has 0 radical (unpaired) electrons. The SMILES string of the molecule is C/C(=N\OCc1cccc(C)n1)c1ccc(Cl)c(C)c1. The van der Waals surface area contributed by atoms with E-state index in [-0.39, 0.29) is 0 Å². The van der Waals surface area contributed by atoms with E-state index in [9.17, 15) is 0 Å². The van der Waals surface area contributed by atoms with Crippen molar-refractivity contribution in [1.29, 1.82) is 0 Å². The molecule has 0 saturated carbocycles. The summed E-state index contributed by atoms with van der Waals surface area (Å²) in [4.78, 5) is 9.71. The van der Waals surface area contributed by atoms with Crippen LogP contribution in [0.4, 0.5) is 0 Å². The average Bonchev–Trinajstić information content (AvgIpc) is 2.42. The largest absolute Gasteiger partial charge is 0.389 e. The number of hydrogen-bond donors (Lipinski definition) is 0. The van der Waals surface area contributed by atoms with Crippen molar-refractivity contribution in [1.82, 2.24) is 4.98 Å². The maximum atomic E-state index is 6.01. The number of rotatable bonds is 4. The van der Waals surface area contributed by atoms with Crippen LogP contribution in [0.3, 0.4) is 0 Å². The number of aromatic nitrogens is 1. The Morgan fingerprint density at radius 3 is 2.75 bits per heavy atom. The van der Waals surface area contributed by atoms with Crippen LogP contribution in [0.5, 0.6) is 0 Å². The Morgan fingerprint density at radius 2 is 2.05 bits per heavy atom. The third-order valence-corrected chi connectivity index (χ3v) is 3.36. The van der Waals surface area contributed by atoms with Crippen LogP contribution in [0.1, 0.15) is 29.4 Å². The zero-order valence-corrected chi connectivity index (χ0v) is 12.6. The van der Waals surface area contributed by atoms with Gasteiger partial charge in [-0.15, -0.1) is 0 Å². The van der Waals surface area contributed by atoms with E-state index in [1.165, 1.54) is 0 Å². The van der Waals surface area contributed by atoms with Gasteiger partial charge in [-0.1, -0.05) is 28.9 Å². The molecule has 0 bridgehead atoms. The summed E-state index contributed by atoms with van der Waals surface area (Å²) < 4.78 is 0. The number of oxime groups is 1. The smallest absolute Gasteiger partial charge is 0.159 e. The van der Waals surface area contributed by atoms with Crippen molar-refractivity contribution >= 4 is 17.3 Å². The van der Waals surface area contributed by atoms with Crippen molar-refractivity contribution in [2.24, 2.45) is 5.16 Å². The van der Waals surface area contributed by atoms with E-state index in [1.807, 2.05) is 57.2 Å². The Balaban J connectivity index is 2.02. The summed E-state index contributed by atoms with van der Waals surface area (Å²) in [5, 5.41) is 4.88. The van der Waals surface area contributed by atoms with Gasteiger partial charge in [0.1, 0.15) is 0 Å². The lowest BCUT2D eigenvalue weighted by Crippen LogP contribution is -1.99. The first kappa shape index (κ1) is 14.5. The van der Waals surface area contributed by atoms with E-state index in [0.717, 1.165) is 33.2 Å². The molecular formula is C16H17ClN2O. The maximum Gasteiger partial charge on any atom is 0.159 e. The van der Waals surface area contributed by atoms with E-state index in [4.69, 9.17) is 16.4 Å². The number of aryl methyl sites for hydroxylation is 2. The molecule has 0 atom stereocenters. The first-order chi connectivity index (χ1) is 9.56. The molecular weight excluding hydrogens is 272 g/mol. The fourth-order valence-electron chi connectivity index (χ4n) is 1.80. The minimum Gasteiger partial charge on any atom is -0.389 e. The van der Waals surface area contributed by atoms with Crippen molar-refractivity contribution in [2.45, 2.75) is 27.4 Å². The Hall–Kier alpha value is -1.87. The number of nitrogens with zero attached hydrogens (tertiary/aromatic N) is 2. The highest BCUT2D eigenvalue weighted by molar-refractivity contribution is 6.31. The van der Waals surface area contributed by atoms with Gasteiger partial charge in [0.15, 0.2) is 6.61 Å². The zero-order chi connectivity index (χ0) is 14.5. The molecule has 20 heavy (non-hydrogen) atoms. The van der Waals surface area contributed by atoms with Crippen LogP contribution in [-0.2, 0) is 11.4 Å². The molecule has 2 rings (SSSR count). The molecule has 104 valence electrons.